The zero-order valence-electron chi connectivity index (χ0n) is 11.0. The summed E-state index contributed by atoms with van der Waals surface area (Å²) in [6, 6.07) is 3.32. The van der Waals surface area contributed by atoms with E-state index >= 15 is 0 Å². The first kappa shape index (κ1) is 17.0. The molecule has 21 heavy (non-hydrogen) atoms. The maximum atomic E-state index is 13.5. The molecule has 2 rings (SSSR count). The molecule has 1 heterocycles. The third-order valence-corrected chi connectivity index (χ3v) is 4.79. The Labute approximate surface area is 140 Å². The van der Waals surface area contributed by atoms with Crippen LogP contribution >= 0.6 is 46.1 Å². The van der Waals surface area contributed by atoms with E-state index in [9.17, 15) is 8.78 Å². The fraction of sp³-hybridized carbons (Fsp3) is 0.286. The molecule has 7 heteroatoms. The first-order valence-corrected chi connectivity index (χ1v) is 8.21. The van der Waals surface area contributed by atoms with Crippen LogP contribution in [0.5, 0.6) is 0 Å². The van der Waals surface area contributed by atoms with Crippen molar-refractivity contribution in [2.24, 2.45) is 0 Å². The number of halogens is 5. The van der Waals surface area contributed by atoms with Crippen molar-refractivity contribution in [1.82, 2.24) is 5.32 Å². The monoisotopic (exact) mass is 369 g/mol. The van der Waals surface area contributed by atoms with Crippen molar-refractivity contribution in [3.05, 3.63) is 54.7 Å². The third-order valence-electron chi connectivity index (χ3n) is 2.94. The van der Waals surface area contributed by atoms with Gasteiger partial charge >= 0.3 is 0 Å². The third kappa shape index (κ3) is 3.88. The molecule has 0 aliphatic rings. The number of nitrogens with one attached hydrogen (secondary N) is 1. The lowest BCUT2D eigenvalue weighted by Gasteiger charge is -2.20. The Hall–Kier alpha value is -0.390. The van der Waals surface area contributed by atoms with E-state index in [2.05, 4.69) is 5.32 Å². The molecule has 0 saturated carbocycles. The summed E-state index contributed by atoms with van der Waals surface area (Å²) < 4.78 is 27.8. The Kier molecular flexibility index (Phi) is 5.86. The van der Waals surface area contributed by atoms with Crippen LogP contribution in [0.1, 0.15) is 30.5 Å². The second-order valence-electron chi connectivity index (χ2n) is 4.45. The van der Waals surface area contributed by atoms with Crippen molar-refractivity contribution >= 4 is 46.1 Å². The molecule has 0 fully saturated rings. The molecule has 114 valence electrons. The number of benzene rings is 1. The zero-order chi connectivity index (χ0) is 15.6. The lowest BCUT2D eigenvalue weighted by atomic mass is 10.0. The molecule has 1 N–H and O–H groups in total. The van der Waals surface area contributed by atoms with Gasteiger partial charge in [0.25, 0.3) is 0 Å². The van der Waals surface area contributed by atoms with Gasteiger partial charge in [-0.1, -0.05) is 41.7 Å². The second-order valence-corrected chi connectivity index (χ2v) is 7.15. The summed E-state index contributed by atoms with van der Waals surface area (Å²) in [5.41, 5.74) is 1.13. The Morgan fingerprint density at radius 1 is 1.10 bits per heavy atom. The molecule has 0 aliphatic carbocycles. The molecule has 2 aromatic rings. The Morgan fingerprint density at radius 3 is 2.33 bits per heavy atom. The van der Waals surface area contributed by atoms with Gasteiger partial charge in [-0.25, -0.2) is 8.78 Å². The Bertz CT molecular complexity index is 645. The standard InChI is InChI=1S/C14H12Cl3F2NS/c1-2-3-20-13(8-5-12(16)21-14(8)17)7-4-10(18)11(19)6-9(7)15/h4-6,13,20H,2-3H2,1H3. The van der Waals surface area contributed by atoms with Gasteiger partial charge in [-0.15, -0.1) is 11.3 Å². The minimum Gasteiger partial charge on any atom is -0.306 e. The van der Waals surface area contributed by atoms with Gasteiger partial charge in [-0.05, 0) is 36.7 Å². The summed E-state index contributed by atoms with van der Waals surface area (Å²) in [4.78, 5) is 0. The topological polar surface area (TPSA) is 12.0 Å². The highest BCUT2D eigenvalue weighted by atomic mass is 35.5. The SMILES string of the molecule is CCCNC(c1cc(F)c(F)cc1Cl)c1cc(Cl)sc1Cl. The highest BCUT2D eigenvalue weighted by Gasteiger charge is 2.23. The minimum absolute atomic E-state index is 0.140. The van der Waals surface area contributed by atoms with Gasteiger partial charge in [0.05, 0.1) is 14.7 Å². The van der Waals surface area contributed by atoms with Crippen LogP contribution in [0.3, 0.4) is 0 Å². The van der Waals surface area contributed by atoms with Crippen LogP contribution in [0, 0.1) is 11.6 Å². The average molecular weight is 371 g/mol. The van der Waals surface area contributed by atoms with E-state index in [4.69, 9.17) is 34.8 Å². The van der Waals surface area contributed by atoms with E-state index in [1.165, 1.54) is 11.3 Å². The Morgan fingerprint density at radius 2 is 1.76 bits per heavy atom. The maximum Gasteiger partial charge on any atom is 0.160 e. The minimum atomic E-state index is -0.979. The molecule has 1 aromatic heterocycles. The molecule has 0 amide bonds. The molecular weight excluding hydrogens is 359 g/mol. The van der Waals surface area contributed by atoms with Crippen molar-refractivity contribution in [2.45, 2.75) is 19.4 Å². The quantitative estimate of drug-likeness (QED) is 0.629. The van der Waals surface area contributed by atoms with E-state index < -0.39 is 17.7 Å². The summed E-state index contributed by atoms with van der Waals surface area (Å²) in [6.45, 7) is 2.67. The van der Waals surface area contributed by atoms with E-state index in [1.807, 2.05) is 6.92 Å². The first-order valence-electron chi connectivity index (χ1n) is 6.26. The largest absolute Gasteiger partial charge is 0.306 e. The predicted molar refractivity (Wildman–Crippen MR) is 85.8 cm³/mol. The highest BCUT2D eigenvalue weighted by Crippen LogP contribution is 2.39. The maximum absolute atomic E-state index is 13.5. The van der Waals surface area contributed by atoms with Crippen LogP contribution in [0.2, 0.25) is 13.7 Å². The van der Waals surface area contributed by atoms with Crippen molar-refractivity contribution in [3.8, 4) is 0 Å². The number of hydrogen-bond acceptors (Lipinski definition) is 2. The van der Waals surface area contributed by atoms with Crippen molar-refractivity contribution in [3.63, 3.8) is 0 Å². The van der Waals surface area contributed by atoms with Crippen LogP contribution < -0.4 is 5.32 Å². The lowest BCUT2D eigenvalue weighted by Crippen LogP contribution is -2.23. The molecule has 0 bridgehead atoms. The molecule has 0 spiro atoms. The van der Waals surface area contributed by atoms with Crippen molar-refractivity contribution in [1.29, 1.82) is 0 Å². The van der Waals surface area contributed by atoms with Crippen molar-refractivity contribution in [2.75, 3.05) is 6.54 Å². The first-order chi connectivity index (χ1) is 9.93. The van der Waals surface area contributed by atoms with Gasteiger partial charge in [0.2, 0.25) is 0 Å². The van der Waals surface area contributed by atoms with E-state index in [0.717, 1.165) is 18.6 Å². The van der Waals surface area contributed by atoms with Crippen molar-refractivity contribution < 1.29 is 8.78 Å². The lowest BCUT2D eigenvalue weighted by molar-refractivity contribution is 0.503. The average Bonchev–Trinajstić information content (AvgIpc) is 2.75. The van der Waals surface area contributed by atoms with E-state index in [0.29, 0.717) is 26.3 Å². The van der Waals surface area contributed by atoms with Gasteiger partial charge in [0.1, 0.15) is 0 Å². The van der Waals surface area contributed by atoms with Crippen LogP contribution in [-0.2, 0) is 0 Å². The molecule has 0 radical (unpaired) electrons. The summed E-state index contributed by atoms with van der Waals surface area (Å²) in [5, 5.41) is 3.37. The molecule has 1 nitrogen and oxygen atoms in total. The molecule has 1 atom stereocenters. The van der Waals surface area contributed by atoms with Gasteiger partial charge in [-0.2, -0.15) is 0 Å². The van der Waals surface area contributed by atoms with Gasteiger partial charge < -0.3 is 5.32 Å². The van der Waals surface area contributed by atoms with Gasteiger partial charge in [0, 0.05) is 10.6 Å². The van der Waals surface area contributed by atoms with E-state index in [-0.39, 0.29) is 5.02 Å². The highest BCUT2D eigenvalue weighted by molar-refractivity contribution is 7.20. The molecule has 1 aromatic carbocycles. The van der Waals surface area contributed by atoms with Gasteiger partial charge in [0.15, 0.2) is 11.6 Å². The number of hydrogen-bond donors (Lipinski definition) is 1. The number of rotatable bonds is 5. The fourth-order valence-electron chi connectivity index (χ4n) is 1.99. The molecule has 0 saturated heterocycles. The van der Waals surface area contributed by atoms with Gasteiger partial charge in [-0.3, -0.25) is 0 Å². The van der Waals surface area contributed by atoms with Crippen LogP contribution in [-0.4, -0.2) is 6.54 Å². The van der Waals surface area contributed by atoms with Crippen LogP contribution in [0.4, 0.5) is 8.78 Å². The summed E-state index contributed by atoms with van der Waals surface area (Å²) in [6.07, 6.45) is 0.868. The molecule has 1 unspecified atom stereocenters. The van der Waals surface area contributed by atoms with Crippen LogP contribution in [0.15, 0.2) is 18.2 Å². The number of thiophene rings is 1. The normalized spacial score (nSPS) is 12.7. The fourth-order valence-corrected chi connectivity index (χ4v) is 3.78. The Balaban J connectivity index is 2.50. The summed E-state index contributed by atoms with van der Waals surface area (Å²) in [5.74, 6) is -1.93. The smallest absolute Gasteiger partial charge is 0.160 e. The van der Waals surface area contributed by atoms with E-state index in [1.54, 1.807) is 6.07 Å². The zero-order valence-corrected chi connectivity index (χ0v) is 14.1. The summed E-state index contributed by atoms with van der Waals surface area (Å²) in [7, 11) is 0. The van der Waals surface area contributed by atoms with Crippen LogP contribution in [0.25, 0.3) is 0 Å². The molecule has 0 aliphatic heterocycles. The summed E-state index contributed by atoms with van der Waals surface area (Å²) >= 11 is 19.4. The molecular formula is C14H12Cl3F2NS. The predicted octanol–water partition coefficient (Wildman–Crippen LogP) is 6.08. The second kappa shape index (κ2) is 7.25.